The zero-order chi connectivity index (χ0) is 14.2. The maximum atomic E-state index is 11.6. The Labute approximate surface area is 109 Å². The monoisotopic (exact) mass is 259 g/mol. The van der Waals surface area contributed by atoms with Crippen LogP contribution in [0.1, 0.15) is 52.9 Å². The van der Waals surface area contributed by atoms with Gasteiger partial charge in [-0.25, -0.2) is 0 Å². The molecule has 0 unspecified atom stereocenters. The largest absolute Gasteiger partial charge is 0.469 e. The molecule has 0 aromatic rings. The van der Waals surface area contributed by atoms with Gasteiger partial charge in [0.2, 0.25) is 0 Å². The summed E-state index contributed by atoms with van der Waals surface area (Å²) in [4.78, 5) is 22.4. The van der Waals surface area contributed by atoms with Gasteiger partial charge in [-0.15, -0.1) is 0 Å². The Hall–Kier alpha value is -1.10. The van der Waals surface area contributed by atoms with Gasteiger partial charge < -0.3 is 15.2 Å². The number of hydrogen-bond donors (Lipinski definition) is 1. The molecule has 1 atom stereocenters. The summed E-state index contributed by atoms with van der Waals surface area (Å²) in [7, 11) is 1.38. The third-order valence-corrected chi connectivity index (χ3v) is 2.33. The second-order valence-electron chi connectivity index (χ2n) is 5.32. The first-order valence-corrected chi connectivity index (χ1v) is 6.31. The predicted octanol–water partition coefficient (Wildman–Crippen LogP) is 1.78. The van der Waals surface area contributed by atoms with Crippen LogP contribution in [0.4, 0.5) is 0 Å². The van der Waals surface area contributed by atoms with E-state index in [0.717, 1.165) is 19.3 Å². The van der Waals surface area contributed by atoms with Crippen LogP contribution >= 0.6 is 0 Å². The van der Waals surface area contributed by atoms with E-state index in [-0.39, 0.29) is 11.9 Å². The molecule has 0 saturated heterocycles. The summed E-state index contributed by atoms with van der Waals surface area (Å²) in [5, 5.41) is 0. The van der Waals surface area contributed by atoms with Crippen LogP contribution in [0.25, 0.3) is 0 Å². The third-order valence-electron chi connectivity index (χ3n) is 2.33. The average molecular weight is 259 g/mol. The fraction of sp³-hybridized carbons (Fsp3) is 0.846. The van der Waals surface area contributed by atoms with Gasteiger partial charge in [-0.05, 0) is 33.6 Å². The lowest BCUT2D eigenvalue weighted by Crippen LogP contribution is -2.37. The summed E-state index contributed by atoms with van der Waals surface area (Å²) in [6.07, 6.45) is 3.41. The van der Waals surface area contributed by atoms with E-state index in [0.29, 0.717) is 12.8 Å². The van der Waals surface area contributed by atoms with Crippen LogP contribution < -0.4 is 5.73 Å². The Balaban J connectivity index is 3.67. The van der Waals surface area contributed by atoms with Crippen LogP contribution in [-0.4, -0.2) is 30.7 Å². The first kappa shape index (κ1) is 16.9. The third kappa shape index (κ3) is 8.98. The van der Waals surface area contributed by atoms with Crippen molar-refractivity contribution >= 4 is 11.9 Å². The summed E-state index contributed by atoms with van der Waals surface area (Å²) in [5.74, 6) is -0.568. The van der Waals surface area contributed by atoms with E-state index < -0.39 is 11.6 Å². The molecule has 0 aliphatic rings. The average Bonchev–Trinajstić information content (AvgIpc) is 2.25. The van der Waals surface area contributed by atoms with Gasteiger partial charge in [0.1, 0.15) is 11.6 Å². The van der Waals surface area contributed by atoms with Gasteiger partial charge in [0.25, 0.3) is 0 Å². The first-order chi connectivity index (χ1) is 8.26. The summed E-state index contributed by atoms with van der Waals surface area (Å²) in [5.41, 5.74) is 5.23. The number of rotatable bonds is 7. The Morgan fingerprint density at radius 2 is 1.78 bits per heavy atom. The molecule has 0 aliphatic carbocycles. The first-order valence-electron chi connectivity index (χ1n) is 6.31. The molecule has 18 heavy (non-hydrogen) atoms. The Morgan fingerprint density at radius 1 is 1.17 bits per heavy atom. The van der Waals surface area contributed by atoms with E-state index in [9.17, 15) is 9.59 Å². The van der Waals surface area contributed by atoms with Crippen molar-refractivity contribution in [2.45, 2.75) is 64.5 Å². The van der Waals surface area contributed by atoms with Gasteiger partial charge in [-0.3, -0.25) is 9.59 Å². The fourth-order valence-corrected chi connectivity index (χ4v) is 1.41. The van der Waals surface area contributed by atoms with Crippen LogP contribution in [0.5, 0.6) is 0 Å². The second kappa shape index (κ2) is 8.08. The lowest BCUT2D eigenvalue weighted by atomic mass is 10.1. The van der Waals surface area contributed by atoms with Crippen LogP contribution in [0.2, 0.25) is 0 Å². The minimum absolute atomic E-state index is 0.202. The van der Waals surface area contributed by atoms with Gasteiger partial charge in [0, 0.05) is 6.42 Å². The fourth-order valence-electron chi connectivity index (χ4n) is 1.41. The van der Waals surface area contributed by atoms with E-state index >= 15 is 0 Å². The molecule has 0 heterocycles. The second-order valence-corrected chi connectivity index (χ2v) is 5.32. The van der Waals surface area contributed by atoms with E-state index in [1.165, 1.54) is 7.11 Å². The van der Waals surface area contributed by atoms with Crippen molar-refractivity contribution in [3.8, 4) is 0 Å². The molecule has 5 heteroatoms. The molecule has 5 nitrogen and oxygen atoms in total. The number of carbonyl (C=O) groups is 2. The van der Waals surface area contributed by atoms with E-state index in [1.54, 1.807) is 0 Å². The zero-order valence-corrected chi connectivity index (χ0v) is 11.8. The highest BCUT2D eigenvalue weighted by atomic mass is 16.6. The number of ether oxygens (including phenoxy) is 2. The number of unbranched alkanes of at least 4 members (excludes halogenated alkanes) is 2. The smallest absolute Gasteiger partial charge is 0.323 e. The van der Waals surface area contributed by atoms with Gasteiger partial charge in [0.05, 0.1) is 7.11 Å². The predicted molar refractivity (Wildman–Crippen MR) is 68.9 cm³/mol. The van der Waals surface area contributed by atoms with Crippen molar-refractivity contribution in [2.24, 2.45) is 5.73 Å². The van der Waals surface area contributed by atoms with Crippen molar-refractivity contribution in [2.75, 3.05) is 7.11 Å². The highest BCUT2D eigenvalue weighted by Crippen LogP contribution is 2.11. The molecule has 0 saturated carbocycles. The van der Waals surface area contributed by atoms with Gasteiger partial charge >= 0.3 is 11.9 Å². The number of nitrogens with two attached hydrogens (primary N) is 1. The summed E-state index contributed by atoms with van der Waals surface area (Å²) in [6.45, 7) is 5.44. The van der Waals surface area contributed by atoms with E-state index in [1.807, 2.05) is 20.8 Å². The Kier molecular flexibility index (Phi) is 7.59. The molecule has 0 aromatic carbocycles. The molecular weight excluding hydrogens is 234 g/mol. The molecule has 0 spiro atoms. The molecule has 0 bridgehead atoms. The summed E-state index contributed by atoms with van der Waals surface area (Å²) >= 11 is 0. The molecule has 106 valence electrons. The maximum Gasteiger partial charge on any atom is 0.323 e. The molecule has 0 aliphatic heterocycles. The minimum Gasteiger partial charge on any atom is -0.469 e. The van der Waals surface area contributed by atoms with Crippen LogP contribution in [0.3, 0.4) is 0 Å². The van der Waals surface area contributed by atoms with Crippen molar-refractivity contribution in [1.82, 2.24) is 0 Å². The van der Waals surface area contributed by atoms with Crippen molar-refractivity contribution < 1.29 is 19.1 Å². The molecule has 0 amide bonds. The summed E-state index contributed by atoms with van der Waals surface area (Å²) in [6, 6.07) is -0.581. The lowest BCUT2D eigenvalue weighted by molar-refractivity contribution is -0.156. The molecular formula is C13H25NO4. The van der Waals surface area contributed by atoms with Gasteiger partial charge in [-0.2, -0.15) is 0 Å². The van der Waals surface area contributed by atoms with E-state index in [4.69, 9.17) is 10.5 Å². The molecule has 2 N–H and O–H groups in total. The number of esters is 2. The van der Waals surface area contributed by atoms with E-state index in [2.05, 4.69) is 4.74 Å². The van der Waals surface area contributed by atoms with Crippen molar-refractivity contribution in [3.63, 3.8) is 0 Å². The highest BCUT2D eigenvalue weighted by molar-refractivity contribution is 5.75. The van der Waals surface area contributed by atoms with Crippen LogP contribution in [-0.2, 0) is 19.1 Å². The number of methoxy groups -OCH3 is 1. The van der Waals surface area contributed by atoms with Crippen molar-refractivity contribution in [1.29, 1.82) is 0 Å². The standard InChI is InChI=1S/C13H25NO4/c1-13(2,3)18-12(16)10(14)8-6-5-7-9-11(15)17-4/h10H,5-9,14H2,1-4H3/t10-/m0/s1. The molecule has 0 aromatic heterocycles. The summed E-state index contributed by atoms with van der Waals surface area (Å²) < 4.78 is 9.71. The van der Waals surface area contributed by atoms with Gasteiger partial charge in [-0.1, -0.05) is 12.8 Å². The lowest BCUT2D eigenvalue weighted by Gasteiger charge is -2.22. The SMILES string of the molecule is COC(=O)CCCCC[C@H](N)C(=O)OC(C)(C)C. The quantitative estimate of drug-likeness (QED) is 0.557. The van der Waals surface area contributed by atoms with Crippen LogP contribution in [0.15, 0.2) is 0 Å². The normalized spacial score (nSPS) is 12.9. The minimum atomic E-state index is -0.581. The Morgan fingerprint density at radius 3 is 2.28 bits per heavy atom. The number of carbonyl (C=O) groups excluding carboxylic acids is 2. The number of hydrogen-bond acceptors (Lipinski definition) is 5. The highest BCUT2D eigenvalue weighted by Gasteiger charge is 2.21. The zero-order valence-electron chi connectivity index (χ0n) is 11.8. The Bertz CT molecular complexity index is 271. The van der Waals surface area contributed by atoms with Gasteiger partial charge in [0.15, 0.2) is 0 Å². The molecule has 0 rings (SSSR count). The van der Waals surface area contributed by atoms with Crippen LogP contribution in [0, 0.1) is 0 Å². The molecule has 0 radical (unpaired) electrons. The molecule has 0 fully saturated rings. The topological polar surface area (TPSA) is 78.6 Å². The maximum absolute atomic E-state index is 11.6. The van der Waals surface area contributed by atoms with Crippen molar-refractivity contribution in [3.05, 3.63) is 0 Å².